The Morgan fingerprint density at radius 1 is 0.867 bits per heavy atom. The maximum atomic E-state index is 13.1. The van der Waals surface area contributed by atoms with Crippen molar-refractivity contribution in [3.63, 3.8) is 0 Å². The first kappa shape index (κ1) is 20.0. The Labute approximate surface area is 174 Å². The summed E-state index contributed by atoms with van der Waals surface area (Å²) in [5.41, 5.74) is 3.78. The molecule has 4 rings (SSSR count). The lowest BCUT2D eigenvalue weighted by molar-refractivity contribution is 0.580. The Morgan fingerprint density at radius 2 is 1.50 bits per heavy atom. The van der Waals surface area contributed by atoms with E-state index in [1.165, 1.54) is 24.3 Å². The van der Waals surface area contributed by atoms with Crippen molar-refractivity contribution < 1.29 is 12.8 Å². The lowest BCUT2D eigenvalue weighted by Crippen LogP contribution is -2.24. The van der Waals surface area contributed by atoms with Crippen molar-refractivity contribution in [3.8, 4) is 16.9 Å². The molecule has 0 fully saturated rings. The van der Waals surface area contributed by atoms with Gasteiger partial charge in [-0.25, -0.2) is 22.2 Å². The van der Waals surface area contributed by atoms with Gasteiger partial charge >= 0.3 is 0 Å². The Hall–Kier alpha value is -3.29. The molecule has 4 aromatic rings. The second kappa shape index (κ2) is 8.61. The molecule has 152 valence electrons. The molecule has 1 aromatic heterocycles. The highest BCUT2D eigenvalue weighted by Gasteiger charge is 2.16. The highest BCUT2D eigenvalue weighted by atomic mass is 32.2. The lowest BCUT2D eigenvalue weighted by Gasteiger charge is -2.07. The molecule has 7 heteroatoms. The summed E-state index contributed by atoms with van der Waals surface area (Å²) in [6, 6.07) is 24.7. The van der Waals surface area contributed by atoms with Crippen LogP contribution in [0, 0.1) is 5.82 Å². The fourth-order valence-electron chi connectivity index (χ4n) is 3.13. The van der Waals surface area contributed by atoms with E-state index >= 15 is 0 Å². The first-order valence-electron chi connectivity index (χ1n) is 9.41. The number of rotatable bonds is 7. The number of hydrogen-bond donors (Lipinski definition) is 1. The molecular formula is C23H20FN3O2S. The number of para-hydroxylation sites is 1. The van der Waals surface area contributed by atoms with E-state index in [1.54, 1.807) is 4.68 Å². The number of sulfonamides is 1. The van der Waals surface area contributed by atoms with Crippen LogP contribution in [0.25, 0.3) is 16.9 Å². The predicted octanol–water partition coefficient (Wildman–Crippen LogP) is 4.30. The minimum atomic E-state index is -3.61. The van der Waals surface area contributed by atoms with E-state index in [2.05, 4.69) is 9.82 Å². The van der Waals surface area contributed by atoms with Gasteiger partial charge < -0.3 is 0 Å². The summed E-state index contributed by atoms with van der Waals surface area (Å²) in [5.74, 6) is -0.620. The summed E-state index contributed by atoms with van der Waals surface area (Å²) in [6.45, 7) is 0.0978. The molecule has 5 nitrogen and oxygen atoms in total. The van der Waals surface area contributed by atoms with Crippen molar-refractivity contribution in [1.82, 2.24) is 14.5 Å². The van der Waals surface area contributed by atoms with Crippen LogP contribution in [-0.2, 0) is 22.3 Å². The topological polar surface area (TPSA) is 64.0 Å². The van der Waals surface area contributed by atoms with Gasteiger partial charge in [0.1, 0.15) is 5.82 Å². The lowest BCUT2D eigenvalue weighted by atomic mass is 10.1. The van der Waals surface area contributed by atoms with Gasteiger partial charge in [-0.2, -0.15) is 5.10 Å². The third-order valence-electron chi connectivity index (χ3n) is 4.61. The largest absolute Gasteiger partial charge is 0.240 e. The average Bonchev–Trinajstić information content (AvgIpc) is 3.20. The van der Waals surface area contributed by atoms with Crippen LogP contribution in [0.1, 0.15) is 11.1 Å². The van der Waals surface area contributed by atoms with Gasteiger partial charge in [0.2, 0.25) is 10.0 Å². The molecule has 0 saturated carbocycles. The number of benzene rings is 3. The van der Waals surface area contributed by atoms with E-state index in [0.717, 1.165) is 16.8 Å². The zero-order valence-electron chi connectivity index (χ0n) is 16.1. The Bertz CT molecular complexity index is 1220. The van der Waals surface area contributed by atoms with E-state index < -0.39 is 15.8 Å². The molecule has 0 radical (unpaired) electrons. The molecule has 0 amide bonds. The van der Waals surface area contributed by atoms with E-state index in [9.17, 15) is 12.8 Å². The van der Waals surface area contributed by atoms with Gasteiger partial charge in [0.05, 0.1) is 17.1 Å². The fourth-order valence-corrected chi connectivity index (χ4v) is 4.24. The van der Waals surface area contributed by atoms with Crippen LogP contribution >= 0.6 is 0 Å². The SMILES string of the molecule is O=S(=O)(Cc1ccc(F)cc1)NCc1cn(-c2ccccc2)nc1-c1ccccc1. The monoisotopic (exact) mass is 421 g/mol. The van der Waals surface area contributed by atoms with Crippen molar-refractivity contribution in [3.05, 3.63) is 108 Å². The maximum absolute atomic E-state index is 13.1. The molecular weight excluding hydrogens is 401 g/mol. The maximum Gasteiger partial charge on any atom is 0.216 e. The Balaban J connectivity index is 1.59. The third kappa shape index (κ3) is 4.82. The average molecular weight is 421 g/mol. The second-order valence-corrected chi connectivity index (χ2v) is 8.66. The predicted molar refractivity (Wildman–Crippen MR) is 115 cm³/mol. The van der Waals surface area contributed by atoms with Crippen LogP contribution in [0.5, 0.6) is 0 Å². The number of nitrogens with zero attached hydrogens (tertiary/aromatic N) is 2. The number of halogens is 1. The quantitative estimate of drug-likeness (QED) is 0.484. The molecule has 0 aliphatic carbocycles. The highest BCUT2D eigenvalue weighted by molar-refractivity contribution is 7.88. The van der Waals surface area contributed by atoms with Crippen molar-refractivity contribution in [2.75, 3.05) is 0 Å². The first-order valence-corrected chi connectivity index (χ1v) is 11.1. The molecule has 0 atom stereocenters. The van der Waals surface area contributed by atoms with Crippen LogP contribution in [0.4, 0.5) is 4.39 Å². The van der Waals surface area contributed by atoms with Gasteiger partial charge in [-0.15, -0.1) is 0 Å². The standard InChI is InChI=1S/C23H20FN3O2S/c24-21-13-11-18(12-14-21)17-30(28,29)25-15-20-16-27(22-9-5-2-6-10-22)26-23(20)19-7-3-1-4-8-19/h1-14,16,25H,15,17H2. The van der Waals surface area contributed by atoms with Crippen molar-refractivity contribution in [1.29, 1.82) is 0 Å². The van der Waals surface area contributed by atoms with Gasteiger partial charge in [-0.1, -0.05) is 60.7 Å². The van der Waals surface area contributed by atoms with Crippen LogP contribution in [-0.4, -0.2) is 18.2 Å². The van der Waals surface area contributed by atoms with Crippen LogP contribution < -0.4 is 4.72 Å². The zero-order chi connectivity index (χ0) is 21.0. The summed E-state index contributed by atoms with van der Waals surface area (Å²) < 4.78 is 42.5. The molecule has 0 unspecified atom stereocenters. The van der Waals surface area contributed by atoms with Crippen LogP contribution in [0.15, 0.2) is 91.1 Å². The fraction of sp³-hybridized carbons (Fsp3) is 0.0870. The van der Waals surface area contributed by atoms with Crippen LogP contribution in [0.2, 0.25) is 0 Å². The molecule has 0 bridgehead atoms. The van der Waals surface area contributed by atoms with Gasteiger partial charge in [-0.05, 0) is 29.8 Å². The molecule has 0 saturated heterocycles. The molecule has 30 heavy (non-hydrogen) atoms. The molecule has 1 heterocycles. The third-order valence-corrected chi connectivity index (χ3v) is 5.91. The van der Waals surface area contributed by atoms with E-state index in [4.69, 9.17) is 0 Å². The van der Waals surface area contributed by atoms with Gasteiger partial charge in [-0.3, -0.25) is 0 Å². The summed E-state index contributed by atoms with van der Waals surface area (Å²) in [4.78, 5) is 0. The Morgan fingerprint density at radius 3 is 2.17 bits per heavy atom. The molecule has 1 N–H and O–H groups in total. The summed E-state index contributed by atoms with van der Waals surface area (Å²) in [6.07, 6.45) is 1.83. The van der Waals surface area contributed by atoms with Crippen LogP contribution in [0.3, 0.4) is 0 Å². The smallest absolute Gasteiger partial charge is 0.216 e. The van der Waals surface area contributed by atoms with Gasteiger partial charge in [0.15, 0.2) is 0 Å². The molecule has 3 aromatic carbocycles. The van der Waals surface area contributed by atoms with Gasteiger partial charge in [0.25, 0.3) is 0 Å². The number of hydrogen-bond acceptors (Lipinski definition) is 3. The van der Waals surface area contributed by atoms with Crippen molar-refractivity contribution >= 4 is 10.0 Å². The van der Waals surface area contributed by atoms with Crippen molar-refractivity contribution in [2.24, 2.45) is 0 Å². The number of aromatic nitrogens is 2. The summed E-state index contributed by atoms with van der Waals surface area (Å²) >= 11 is 0. The van der Waals surface area contributed by atoms with Crippen molar-refractivity contribution in [2.45, 2.75) is 12.3 Å². The zero-order valence-corrected chi connectivity index (χ0v) is 16.9. The second-order valence-electron chi connectivity index (χ2n) is 6.86. The first-order chi connectivity index (χ1) is 14.5. The molecule has 0 aliphatic rings. The highest BCUT2D eigenvalue weighted by Crippen LogP contribution is 2.24. The molecule has 0 aliphatic heterocycles. The summed E-state index contributed by atoms with van der Waals surface area (Å²) in [5, 5.41) is 4.69. The van der Waals surface area contributed by atoms with E-state index in [0.29, 0.717) is 11.3 Å². The Kier molecular flexibility index (Phi) is 5.74. The number of nitrogens with one attached hydrogen (secondary N) is 1. The molecule has 0 spiro atoms. The normalized spacial score (nSPS) is 11.5. The van der Waals surface area contributed by atoms with E-state index in [1.807, 2.05) is 66.9 Å². The van der Waals surface area contributed by atoms with E-state index in [-0.39, 0.29) is 12.3 Å². The van der Waals surface area contributed by atoms with Gasteiger partial charge in [0, 0.05) is 23.9 Å². The minimum Gasteiger partial charge on any atom is -0.240 e. The minimum absolute atomic E-state index is 0.0978. The summed E-state index contributed by atoms with van der Waals surface area (Å²) in [7, 11) is -3.61.